The van der Waals surface area contributed by atoms with Gasteiger partial charge in [0.25, 0.3) is 5.56 Å². The number of hydrogen-bond donors (Lipinski definition) is 1. The Balaban J connectivity index is 2.88. The SMILES string of the molecule is Cc1cn(CC=CC[P+](=O)C(OC(=O)C(C)(C)C)OC(=O)C(C)(C)C)c(=O)[nH]c1=O. The fraction of sp³-hybridized carbons (Fsp3) is 0.600. The molecule has 1 atom stereocenters. The van der Waals surface area contributed by atoms with Crippen molar-refractivity contribution in [2.24, 2.45) is 10.8 Å². The van der Waals surface area contributed by atoms with Gasteiger partial charge < -0.3 is 9.47 Å². The Labute approximate surface area is 176 Å². The highest BCUT2D eigenvalue weighted by Crippen LogP contribution is 2.34. The van der Waals surface area contributed by atoms with Crippen LogP contribution in [0.1, 0.15) is 47.1 Å². The first-order chi connectivity index (χ1) is 13.6. The number of ether oxygens (including phenoxy) is 2. The van der Waals surface area contributed by atoms with E-state index in [4.69, 9.17) is 9.47 Å². The molecule has 0 aliphatic heterocycles. The maximum atomic E-state index is 12.7. The van der Waals surface area contributed by atoms with Crippen molar-refractivity contribution in [3.8, 4) is 0 Å². The highest BCUT2D eigenvalue weighted by atomic mass is 31.1. The Hall–Kier alpha value is -2.54. The van der Waals surface area contributed by atoms with Crippen LogP contribution in [0.4, 0.5) is 0 Å². The Morgan fingerprint density at radius 2 is 1.57 bits per heavy atom. The van der Waals surface area contributed by atoms with Crippen LogP contribution in [-0.2, 0) is 30.2 Å². The van der Waals surface area contributed by atoms with Crippen LogP contribution in [0, 0.1) is 17.8 Å². The molecule has 0 aromatic carbocycles. The van der Waals surface area contributed by atoms with Crippen molar-refractivity contribution in [2.45, 2.75) is 61.0 Å². The van der Waals surface area contributed by atoms with Gasteiger partial charge in [-0.05, 0) is 54.5 Å². The van der Waals surface area contributed by atoms with Crippen LogP contribution in [-0.4, -0.2) is 33.7 Å². The molecule has 166 valence electrons. The molecule has 0 radical (unpaired) electrons. The summed E-state index contributed by atoms with van der Waals surface area (Å²) >= 11 is 0. The minimum atomic E-state index is -2.27. The fourth-order valence-corrected chi connectivity index (χ4v) is 2.84. The van der Waals surface area contributed by atoms with Crippen LogP contribution in [0.25, 0.3) is 0 Å². The molecule has 1 rings (SSSR count). The molecule has 1 N–H and O–H groups in total. The van der Waals surface area contributed by atoms with Crippen LogP contribution >= 0.6 is 7.80 Å². The van der Waals surface area contributed by atoms with E-state index in [0.29, 0.717) is 5.56 Å². The summed E-state index contributed by atoms with van der Waals surface area (Å²) in [6, 6.07) is -1.51. The Bertz CT molecular complexity index is 918. The van der Waals surface area contributed by atoms with Crippen LogP contribution in [0.2, 0.25) is 0 Å². The molecule has 0 spiro atoms. The van der Waals surface area contributed by atoms with E-state index in [2.05, 4.69) is 4.98 Å². The third-order valence-electron chi connectivity index (χ3n) is 3.82. The molecule has 0 amide bonds. The van der Waals surface area contributed by atoms with Gasteiger partial charge in [-0.3, -0.25) is 23.9 Å². The zero-order valence-corrected chi connectivity index (χ0v) is 19.4. The highest BCUT2D eigenvalue weighted by molar-refractivity contribution is 7.45. The van der Waals surface area contributed by atoms with E-state index in [1.807, 2.05) is 0 Å². The minimum Gasteiger partial charge on any atom is -0.384 e. The van der Waals surface area contributed by atoms with E-state index in [9.17, 15) is 23.7 Å². The predicted molar refractivity (Wildman–Crippen MR) is 113 cm³/mol. The third-order valence-corrected chi connectivity index (χ3v) is 5.07. The highest BCUT2D eigenvalue weighted by Gasteiger charge is 2.41. The van der Waals surface area contributed by atoms with Crippen LogP contribution in [0.3, 0.4) is 0 Å². The van der Waals surface area contributed by atoms with Gasteiger partial charge in [0, 0.05) is 18.3 Å². The topological polar surface area (TPSA) is 125 Å². The van der Waals surface area contributed by atoms with E-state index < -0.39 is 47.8 Å². The lowest BCUT2D eigenvalue weighted by Gasteiger charge is -2.21. The van der Waals surface area contributed by atoms with Crippen molar-refractivity contribution >= 4 is 19.7 Å². The molecular weight excluding hydrogens is 411 g/mol. The summed E-state index contributed by atoms with van der Waals surface area (Å²) in [6.45, 7) is 11.5. The molecule has 0 bridgehead atoms. The van der Waals surface area contributed by atoms with E-state index in [1.165, 1.54) is 16.8 Å². The average Bonchev–Trinajstić information content (AvgIpc) is 2.60. The first kappa shape index (κ1) is 25.5. The molecule has 1 aromatic heterocycles. The molecule has 1 aromatic rings. The van der Waals surface area contributed by atoms with E-state index in [-0.39, 0.29) is 12.7 Å². The van der Waals surface area contributed by atoms with Crippen LogP contribution < -0.4 is 11.2 Å². The third kappa shape index (κ3) is 7.71. The molecule has 9 nitrogen and oxygen atoms in total. The number of allylic oxidation sites excluding steroid dienone is 2. The summed E-state index contributed by atoms with van der Waals surface area (Å²) in [7, 11) is -2.27. The number of aromatic amines is 1. The van der Waals surface area contributed by atoms with Gasteiger partial charge >= 0.3 is 31.5 Å². The summed E-state index contributed by atoms with van der Waals surface area (Å²) < 4.78 is 24.4. The van der Waals surface area contributed by atoms with Crippen molar-refractivity contribution in [1.29, 1.82) is 0 Å². The summed E-state index contributed by atoms with van der Waals surface area (Å²) in [4.78, 5) is 49.7. The standard InChI is InChI=1S/C20H29N2O7P/c1-13-12-22(17(26)21-14(13)23)10-8-9-11-30(27)18(28-15(24)19(2,3)4)29-16(25)20(5,6)7/h8-9,12,18H,10-11H2,1-7H3/p+1. The number of rotatable bonds is 7. The molecule has 1 unspecified atom stereocenters. The molecule has 0 aliphatic carbocycles. The second-order valence-electron chi connectivity index (χ2n) is 8.91. The zero-order chi connectivity index (χ0) is 23.3. The lowest BCUT2D eigenvalue weighted by Crippen LogP contribution is -2.33. The first-order valence-electron chi connectivity index (χ1n) is 9.44. The number of esters is 2. The summed E-state index contributed by atoms with van der Waals surface area (Å²) in [5.41, 5.74) is -2.34. The smallest absolute Gasteiger partial charge is 0.384 e. The summed E-state index contributed by atoms with van der Waals surface area (Å²) in [5.74, 6) is -1.28. The maximum absolute atomic E-state index is 12.7. The second kappa shape index (κ2) is 9.98. The van der Waals surface area contributed by atoms with Crippen molar-refractivity contribution in [3.63, 3.8) is 0 Å². The lowest BCUT2D eigenvalue weighted by atomic mass is 9.97. The van der Waals surface area contributed by atoms with Gasteiger partial charge in [-0.1, -0.05) is 10.6 Å². The van der Waals surface area contributed by atoms with Crippen molar-refractivity contribution in [2.75, 3.05) is 6.16 Å². The number of nitrogens with one attached hydrogen (secondary N) is 1. The second-order valence-corrected chi connectivity index (χ2v) is 10.5. The van der Waals surface area contributed by atoms with E-state index >= 15 is 0 Å². The van der Waals surface area contributed by atoms with Gasteiger partial charge in [-0.2, -0.15) is 0 Å². The molecule has 0 saturated carbocycles. The van der Waals surface area contributed by atoms with Crippen LogP contribution in [0.15, 0.2) is 27.9 Å². The number of carbonyl (C=O) groups excluding carboxylic acids is 2. The Kier molecular flexibility index (Phi) is 8.48. The Morgan fingerprint density at radius 1 is 1.07 bits per heavy atom. The number of aryl methyl sites for hydroxylation is 1. The maximum Gasteiger partial charge on any atom is 0.451 e. The molecule has 0 saturated heterocycles. The van der Waals surface area contributed by atoms with Gasteiger partial charge in [0.2, 0.25) is 0 Å². The molecule has 30 heavy (non-hydrogen) atoms. The Morgan fingerprint density at radius 3 is 2.03 bits per heavy atom. The van der Waals surface area contributed by atoms with Gasteiger partial charge in [0.1, 0.15) is 0 Å². The molecule has 0 fully saturated rings. The number of aromatic nitrogens is 2. The van der Waals surface area contributed by atoms with Gasteiger partial charge in [0.05, 0.1) is 10.8 Å². The predicted octanol–water partition coefficient (Wildman–Crippen LogP) is 2.69. The fourth-order valence-electron chi connectivity index (χ4n) is 1.89. The van der Waals surface area contributed by atoms with Crippen molar-refractivity contribution < 1.29 is 23.6 Å². The van der Waals surface area contributed by atoms with Gasteiger partial charge in [0.15, 0.2) is 6.16 Å². The number of hydrogen-bond acceptors (Lipinski definition) is 7. The van der Waals surface area contributed by atoms with Crippen molar-refractivity contribution in [1.82, 2.24) is 9.55 Å². The monoisotopic (exact) mass is 441 g/mol. The van der Waals surface area contributed by atoms with E-state index in [0.717, 1.165) is 0 Å². The van der Waals surface area contributed by atoms with Gasteiger partial charge in [-0.15, -0.1) is 0 Å². The van der Waals surface area contributed by atoms with Crippen molar-refractivity contribution in [3.05, 3.63) is 44.8 Å². The van der Waals surface area contributed by atoms with Gasteiger partial charge in [-0.25, -0.2) is 4.79 Å². The number of H-pyrrole nitrogens is 1. The molecule has 0 aliphatic rings. The summed E-state index contributed by atoms with van der Waals surface area (Å²) in [5, 5.41) is 0. The zero-order valence-electron chi connectivity index (χ0n) is 18.5. The average molecular weight is 441 g/mol. The minimum absolute atomic E-state index is 0.0358. The lowest BCUT2D eigenvalue weighted by molar-refractivity contribution is -0.184. The largest absolute Gasteiger partial charge is 0.451 e. The summed E-state index contributed by atoms with van der Waals surface area (Å²) in [6.07, 6.45) is 4.51. The quantitative estimate of drug-likeness (QED) is 0.298. The molecule has 10 heteroatoms. The normalized spacial score (nSPS) is 12.9. The molecular formula is C20H30N2O7P+. The molecule has 1 heterocycles. The van der Waals surface area contributed by atoms with E-state index in [1.54, 1.807) is 54.5 Å². The first-order valence-corrected chi connectivity index (χ1v) is 11.0. The number of nitrogens with zero attached hydrogens (tertiary/aromatic N) is 1. The van der Waals surface area contributed by atoms with Crippen LogP contribution in [0.5, 0.6) is 0 Å². The number of carbonyl (C=O) groups is 2.